The fourth-order valence-corrected chi connectivity index (χ4v) is 5.91. The highest BCUT2D eigenvalue weighted by Gasteiger charge is 2.36. The highest BCUT2D eigenvalue weighted by molar-refractivity contribution is 7.89. The van der Waals surface area contributed by atoms with Gasteiger partial charge in [-0.2, -0.15) is 9.29 Å². The zero-order valence-electron chi connectivity index (χ0n) is 19.7. The van der Waals surface area contributed by atoms with Crippen molar-refractivity contribution in [1.82, 2.24) is 24.7 Å². The topological polar surface area (TPSA) is 118 Å². The minimum atomic E-state index is -3.99. The first-order valence-electron chi connectivity index (χ1n) is 11.8. The second-order valence-corrected chi connectivity index (χ2v) is 11.0. The molecule has 37 heavy (non-hydrogen) atoms. The number of hydrogen-bond acceptors (Lipinski definition) is 7. The molecular weight excluding hydrogens is 514 g/mol. The SMILES string of the molecule is O=C1NCCCC[C@H]1N(Cc1ccc(-c2nc(-c3ccccn3)no2)cc1)S(=O)(=O)c1ccc(Cl)cc1. The third-order valence-electron chi connectivity index (χ3n) is 6.13. The molecule has 0 unspecified atom stereocenters. The number of benzene rings is 2. The standard InChI is InChI=1S/C26H24ClN5O4S/c27-20-11-13-21(14-12-20)37(34,35)32(23-6-2-4-16-29-25(23)33)17-18-7-9-19(10-8-18)26-30-24(31-36-26)22-5-1-3-15-28-22/h1,3,5,7-15,23H,2,4,6,16-17H2,(H,29,33)/t23-/m1/s1. The fourth-order valence-electron chi connectivity index (χ4n) is 4.18. The number of amides is 1. The number of sulfonamides is 1. The Bertz CT molecular complexity index is 1480. The van der Waals surface area contributed by atoms with Gasteiger partial charge in [0.25, 0.3) is 5.89 Å². The number of halogens is 1. The van der Waals surface area contributed by atoms with E-state index in [1.165, 1.54) is 28.6 Å². The maximum atomic E-state index is 13.7. The molecule has 2 aromatic carbocycles. The number of nitrogens with one attached hydrogen (secondary N) is 1. The van der Waals surface area contributed by atoms with E-state index in [-0.39, 0.29) is 17.3 Å². The van der Waals surface area contributed by atoms with Crippen LogP contribution in [-0.4, -0.2) is 46.3 Å². The molecule has 190 valence electrons. The second-order valence-electron chi connectivity index (χ2n) is 8.64. The van der Waals surface area contributed by atoms with E-state index in [2.05, 4.69) is 20.4 Å². The van der Waals surface area contributed by atoms with Gasteiger partial charge in [-0.15, -0.1) is 0 Å². The van der Waals surface area contributed by atoms with E-state index in [0.29, 0.717) is 46.5 Å². The predicted molar refractivity (Wildman–Crippen MR) is 138 cm³/mol. The molecule has 0 saturated carbocycles. The highest BCUT2D eigenvalue weighted by atomic mass is 35.5. The second kappa shape index (κ2) is 10.8. The van der Waals surface area contributed by atoms with E-state index in [9.17, 15) is 13.2 Å². The van der Waals surface area contributed by atoms with E-state index in [1.54, 1.807) is 42.6 Å². The number of rotatable bonds is 7. The Morgan fingerprint density at radius 2 is 1.81 bits per heavy atom. The summed E-state index contributed by atoms with van der Waals surface area (Å²) in [7, 11) is -3.99. The molecule has 2 aromatic heterocycles. The maximum absolute atomic E-state index is 13.7. The Hall–Kier alpha value is -3.60. The van der Waals surface area contributed by atoms with Gasteiger partial charge in [-0.25, -0.2) is 8.42 Å². The van der Waals surface area contributed by atoms with Crippen LogP contribution in [0.4, 0.5) is 0 Å². The molecule has 0 radical (unpaired) electrons. The molecule has 5 rings (SSSR count). The van der Waals surface area contributed by atoms with Gasteiger partial charge in [-0.1, -0.05) is 35.0 Å². The molecule has 0 aliphatic carbocycles. The van der Waals surface area contributed by atoms with Crippen LogP contribution < -0.4 is 5.32 Å². The molecule has 11 heteroatoms. The molecule has 0 spiro atoms. The molecular formula is C26H24ClN5O4S. The molecule has 1 atom stereocenters. The largest absolute Gasteiger partial charge is 0.355 e. The van der Waals surface area contributed by atoms with Crippen LogP contribution in [-0.2, 0) is 21.4 Å². The van der Waals surface area contributed by atoms with E-state index < -0.39 is 16.1 Å². The summed E-state index contributed by atoms with van der Waals surface area (Å²) in [6.45, 7) is 0.551. The van der Waals surface area contributed by atoms with Gasteiger partial charge in [-0.3, -0.25) is 9.78 Å². The van der Waals surface area contributed by atoms with Gasteiger partial charge >= 0.3 is 0 Å². The summed E-state index contributed by atoms with van der Waals surface area (Å²) in [6.07, 6.45) is 3.63. The monoisotopic (exact) mass is 537 g/mol. The van der Waals surface area contributed by atoms with Crippen LogP contribution in [0.1, 0.15) is 24.8 Å². The van der Waals surface area contributed by atoms with Gasteiger partial charge < -0.3 is 9.84 Å². The fraction of sp³-hybridized carbons (Fsp3) is 0.231. The lowest BCUT2D eigenvalue weighted by atomic mass is 10.1. The van der Waals surface area contributed by atoms with E-state index in [4.69, 9.17) is 16.1 Å². The van der Waals surface area contributed by atoms with Gasteiger partial charge in [-0.05, 0) is 73.4 Å². The minimum absolute atomic E-state index is 0.0202. The number of nitrogens with zero attached hydrogens (tertiary/aromatic N) is 4. The van der Waals surface area contributed by atoms with Gasteiger partial charge in [0.15, 0.2) is 0 Å². The van der Waals surface area contributed by atoms with Crippen molar-refractivity contribution in [1.29, 1.82) is 0 Å². The van der Waals surface area contributed by atoms with E-state index in [1.807, 2.05) is 6.07 Å². The summed E-state index contributed by atoms with van der Waals surface area (Å²) < 4.78 is 34.1. The molecule has 1 fully saturated rings. The van der Waals surface area contributed by atoms with Crippen LogP contribution in [0.25, 0.3) is 23.0 Å². The van der Waals surface area contributed by atoms with Crippen molar-refractivity contribution in [2.75, 3.05) is 6.54 Å². The minimum Gasteiger partial charge on any atom is -0.355 e. The highest BCUT2D eigenvalue weighted by Crippen LogP contribution is 2.27. The normalized spacial score (nSPS) is 16.4. The first-order valence-corrected chi connectivity index (χ1v) is 13.6. The summed E-state index contributed by atoms with van der Waals surface area (Å²) in [6, 6.07) is 17.7. The molecule has 1 aliphatic heterocycles. The lowest BCUT2D eigenvalue weighted by molar-refractivity contribution is -0.124. The van der Waals surface area contributed by atoms with Crippen molar-refractivity contribution < 1.29 is 17.7 Å². The van der Waals surface area contributed by atoms with Crippen molar-refractivity contribution in [2.24, 2.45) is 0 Å². The molecule has 1 saturated heterocycles. The Kier molecular flexibility index (Phi) is 7.31. The van der Waals surface area contributed by atoms with Crippen molar-refractivity contribution in [3.05, 3.63) is 83.5 Å². The molecule has 4 aromatic rings. The van der Waals surface area contributed by atoms with Crippen LogP contribution in [0.3, 0.4) is 0 Å². The van der Waals surface area contributed by atoms with Gasteiger partial charge in [0.1, 0.15) is 11.7 Å². The number of carbonyl (C=O) groups excluding carboxylic acids is 1. The van der Waals surface area contributed by atoms with Gasteiger partial charge in [0.2, 0.25) is 21.8 Å². The number of carbonyl (C=O) groups is 1. The summed E-state index contributed by atoms with van der Waals surface area (Å²) in [5.41, 5.74) is 1.99. The molecule has 3 heterocycles. The molecule has 0 bridgehead atoms. The molecule has 1 amide bonds. The lowest BCUT2D eigenvalue weighted by Gasteiger charge is -2.29. The average Bonchev–Trinajstić information content (AvgIpc) is 3.32. The van der Waals surface area contributed by atoms with Crippen LogP contribution in [0.2, 0.25) is 5.02 Å². The van der Waals surface area contributed by atoms with Crippen LogP contribution >= 0.6 is 11.6 Å². The Labute approximate surface area is 219 Å². The summed E-state index contributed by atoms with van der Waals surface area (Å²) in [5, 5.41) is 7.27. The summed E-state index contributed by atoms with van der Waals surface area (Å²) in [4.78, 5) is 21.6. The number of aromatic nitrogens is 3. The van der Waals surface area contributed by atoms with E-state index >= 15 is 0 Å². The lowest BCUT2D eigenvalue weighted by Crippen LogP contribution is -2.48. The van der Waals surface area contributed by atoms with Crippen LogP contribution in [0.5, 0.6) is 0 Å². The van der Waals surface area contributed by atoms with Crippen molar-refractivity contribution in [3.63, 3.8) is 0 Å². The zero-order valence-corrected chi connectivity index (χ0v) is 21.3. The predicted octanol–water partition coefficient (Wildman–Crippen LogP) is 4.31. The van der Waals surface area contributed by atoms with Crippen molar-refractivity contribution in [2.45, 2.75) is 36.7 Å². The molecule has 9 nitrogen and oxygen atoms in total. The maximum Gasteiger partial charge on any atom is 0.258 e. The molecule has 1 aliphatic rings. The number of hydrogen-bond donors (Lipinski definition) is 1. The Morgan fingerprint density at radius 3 is 2.54 bits per heavy atom. The first kappa shape index (κ1) is 25.1. The zero-order chi connectivity index (χ0) is 25.8. The van der Waals surface area contributed by atoms with Gasteiger partial charge in [0, 0.05) is 29.9 Å². The average molecular weight is 538 g/mol. The van der Waals surface area contributed by atoms with Crippen LogP contribution in [0.15, 0.2) is 82.3 Å². The van der Waals surface area contributed by atoms with Crippen molar-refractivity contribution in [3.8, 4) is 23.0 Å². The summed E-state index contributed by atoms with van der Waals surface area (Å²) in [5.74, 6) is 0.403. The van der Waals surface area contributed by atoms with Crippen molar-refractivity contribution >= 4 is 27.5 Å². The molecule has 1 N–H and O–H groups in total. The third-order valence-corrected chi connectivity index (χ3v) is 8.25. The van der Waals surface area contributed by atoms with Gasteiger partial charge in [0.05, 0.1) is 4.90 Å². The third kappa shape index (κ3) is 5.56. The quantitative estimate of drug-likeness (QED) is 0.373. The Balaban J connectivity index is 1.43. The summed E-state index contributed by atoms with van der Waals surface area (Å²) >= 11 is 5.97. The van der Waals surface area contributed by atoms with E-state index in [0.717, 1.165) is 12.8 Å². The Morgan fingerprint density at radius 1 is 1.03 bits per heavy atom. The first-order chi connectivity index (χ1) is 17.9. The van der Waals surface area contributed by atoms with Crippen LogP contribution in [0, 0.1) is 0 Å². The number of pyridine rings is 1. The smallest absolute Gasteiger partial charge is 0.258 e.